The molecule has 0 saturated carbocycles. The number of aliphatic hydroxyl groups is 1. The lowest BCUT2D eigenvalue weighted by molar-refractivity contribution is -0.192. The fraction of sp³-hybridized carbons (Fsp3) is 0.638. The third-order valence-corrected chi connectivity index (χ3v) is 11.5. The van der Waals surface area contributed by atoms with E-state index in [0.717, 1.165) is 0 Å². The molecule has 25 nitrogen and oxygen atoms in total. The van der Waals surface area contributed by atoms with Crippen molar-refractivity contribution >= 4 is 65.2 Å². The molecule has 1 aromatic carbocycles. The van der Waals surface area contributed by atoms with Crippen LogP contribution in [0.3, 0.4) is 0 Å². The summed E-state index contributed by atoms with van der Waals surface area (Å²) in [5.41, 5.74) is 17.3. The fourth-order valence-corrected chi connectivity index (χ4v) is 6.80. The van der Waals surface area contributed by atoms with Gasteiger partial charge in [-0.05, 0) is 62.0 Å². The predicted molar refractivity (Wildman–Crippen MR) is 262 cm³/mol. The normalized spacial score (nSPS) is 15.2. The van der Waals surface area contributed by atoms with Crippen molar-refractivity contribution in [2.24, 2.45) is 35.0 Å². The van der Waals surface area contributed by atoms with E-state index in [1.54, 1.807) is 71.9 Å². The van der Waals surface area contributed by atoms with Crippen LogP contribution in [0.1, 0.15) is 105 Å². The van der Waals surface area contributed by atoms with Gasteiger partial charge >= 0.3 is 24.1 Å². The second-order valence-electron chi connectivity index (χ2n) is 18.2. The molecule has 0 aliphatic rings. The molecule has 0 aliphatic heterocycles. The minimum absolute atomic E-state index is 0.0119. The Kier molecular flexibility index (Phi) is 31.3. The van der Waals surface area contributed by atoms with Gasteiger partial charge < -0.3 is 74.8 Å². The van der Waals surface area contributed by atoms with Gasteiger partial charge in [-0.25, -0.2) is 9.59 Å². The number of aliphatic hydroxyl groups excluding tert-OH is 1. The Morgan fingerprint density at radius 2 is 1.03 bits per heavy atom. The molecular weight excluding hydrogens is 1000 g/mol. The molecule has 1 aromatic rings. The van der Waals surface area contributed by atoms with E-state index in [9.17, 15) is 76.4 Å². The maximum Gasteiger partial charge on any atom is 0.490 e. The summed E-state index contributed by atoms with van der Waals surface area (Å²) in [7, 11) is 0. The predicted octanol–water partition coefficient (Wildman–Crippen LogP) is -1.33. The van der Waals surface area contributed by atoms with E-state index in [-0.39, 0.29) is 31.7 Å². The van der Waals surface area contributed by atoms with Crippen LogP contribution in [0.25, 0.3) is 0 Å². The van der Waals surface area contributed by atoms with E-state index < -0.39 is 157 Å². The van der Waals surface area contributed by atoms with Crippen molar-refractivity contribution < 1.29 is 86.3 Å². The molecule has 8 amide bonds. The molecule has 0 fully saturated rings. The number of rotatable bonds is 33. The highest BCUT2D eigenvalue weighted by Crippen LogP contribution is 2.15. The van der Waals surface area contributed by atoms with Crippen LogP contribution in [0.4, 0.5) is 13.2 Å². The zero-order valence-electron chi connectivity index (χ0n) is 42.9. The van der Waals surface area contributed by atoms with Crippen molar-refractivity contribution in [3.8, 4) is 0 Å². The van der Waals surface area contributed by atoms with Crippen molar-refractivity contribution in [2.45, 2.75) is 160 Å². The molecule has 0 spiro atoms. The summed E-state index contributed by atoms with van der Waals surface area (Å²) in [6.45, 7) is 9.90. The van der Waals surface area contributed by atoms with Crippen LogP contribution in [0.15, 0.2) is 30.3 Å². The number of halogens is 3. The standard InChI is InChI=1S/C45H74N10O13.C2HF3O2/c1-7-25(5)36(55-44(66)37(26(6)8-2)54-38(60)28(47)23-56)43(65)52-32(22-34(48)57)42(64)51-31(21-27-14-10-9-11-15-27)41(63)50-30(17-18-35(58)59)40(62)49-29(16-12-13-19-46)39(61)53-33(45(67)68)20-24(3)4;3-2(4,5)1(6)7/h9-11,14-15,24-26,28-33,36-37,56H,7-8,12-13,16-23,46-47H2,1-6H3,(H2,48,57)(H,49,62)(H,50,63)(H,51,64)(H,52,65)(H,53,61)(H,54,60)(H,55,66)(H,58,59)(H,67,68);(H,6,7)/t25-,26-,28-,29-,30-,31-,32-,33-,36-,37-;/m0./s1. The molecule has 0 unspecified atom stereocenters. The lowest BCUT2D eigenvalue weighted by Crippen LogP contribution is -2.62. The number of nitrogens with one attached hydrogen (secondary N) is 7. The highest BCUT2D eigenvalue weighted by atomic mass is 19.4. The number of hydrogen-bond donors (Lipinski definition) is 14. The van der Waals surface area contributed by atoms with E-state index in [2.05, 4.69) is 37.2 Å². The molecule has 0 aromatic heterocycles. The molecule has 0 saturated heterocycles. The lowest BCUT2D eigenvalue weighted by atomic mass is 9.94. The van der Waals surface area contributed by atoms with E-state index in [4.69, 9.17) is 27.1 Å². The van der Waals surface area contributed by atoms with Crippen molar-refractivity contribution in [3.05, 3.63) is 35.9 Å². The van der Waals surface area contributed by atoms with Crippen molar-refractivity contribution in [2.75, 3.05) is 13.2 Å². The number of carboxylic acids is 3. The molecule has 28 heteroatoms. The van der Waals surface area contributed by atoms with Gasteiger partial charge in [0.2, 0.25) is 47.3 Å². The average molecular weight is 1080 g/mol. The number of alkyl halides is 3. The van der Waals surface area contributed by atoms with Crippen LogP contribution in [0.2, 0.25) is 0 Å². The van der Waals surface area contributed by atoms with Crippen LogP contribution in [-0.2, 0) is 59.2 Å². The number of carboxylic acid groups (broad SMARTS) is 3. The summed E-state index contributed by atoms with van der Waals surface area (Å²) < 4.78 is 31.7. The highest BCUT2D eigenvalue weighted by molar-refractivity contribution is 5.99. The van der Waals surface area contributed by atoms with Crippen LogP contribution in [0, 0.1) is 17.8 Å². The topological polar surface area (TPSA) is 431 Å². The molecule has 10 atom stereocenters. The monoisotopic (exact) mass is 1080 g/mol. The van der Waals surface area contributed by atoms with Gasteiger partial charge in [0, 0.05) is 12.8 Å². The first-order valence-electron chi connectivity index (χ1n) is 24.2. The zero-order chi connectivity index (χ0) is 57.7. The Balaban J connectivity index is 0.00000725. The fourth-order valence-electron chi connectivity index (χ4n) is 6.80. The van der Waals surface area contributed by atoms with Gasteiger partial charge in [-0.15, -0.1) is 0 Å². The van der Waals surface area contributed by atoms with Crippen molar-refractivity contribution in [3.63, 3.8) is 0 Å². The van der Waals surface area contributed by atoms with Crippen LogP contribution < -0.4 is 54.4 Å². The van der Waals surface area contributed by atoms with E-state index >= 15 is 0 Å². The molecule has 0 aliphatic carbocycles. The third kappa shape index (κ3) is 26.7. The zero-order valence-corrected chi connectivity index (χ0v) is 42.9. The molecule has 0 radical (unpaired) electrons. The molecule has 0 bridgehead atoms. The number of nitrogens with two attached hydrogens (primary N) is 3. The van der Waals surface area contributed by atoms with E-state index in [1.165, 1.54) is 0 Å². The number of amides is 8. The minimum Gasteiger partial charge on any atom is -0.481 e. The molecular formula is C47H75F3N10O15. The molecule has 75 heavy (non-hydrogen) atoms. The summed E-state index contributed by atoms with van der Waals surface area (Å²) in [5.74, 6) is -14.0. The summed E-state index contributed by atoms with van der Waals surface area (Å²) in [6.07, 6.45) is -5.59. The number of aliphatic carboxylic acids is 3. The first-order valence-corrected chi connectivity index (χ1v) is 24.2. The quantitative estimate of drug-likeness (QED) is 0.0363. The maximum absolute atomic E-state index is 14.2. The van der Waals surface area contributed by atoms with Gasteiger partial charge in [0.05, 0.1) is 13.0 Å². The van der Waals surface area contributed by atoms with Crippen LogP contribution >= 0.6 is 0 Å². The van der Waals surface area contributed by atoms with Gasteiger partial charge in [0.15, 0.2) is 0 Å². The maximum atomic E-state index is 14.2. The average Bonchev–Trinajstić information content (AvgIpc) is 3.33. The molecule has 1 rings (SSSR count). The SMILES string of the molecule is CC[C@H](C)[C@H](NC(=O)[C@@H](NC(=O)[C@@H](N)CO)[C@@H](C)CC)C(=O)N[C@@H](CC(N)=O)C(=O)N[C@@H](Cc1ccccc1)C(=O)N[C@@H](CCC(=O)O)C(=O)N[C@@H](CCCCN)C(=O)N[C@@H](CC(C)C)C(=O)O.O=C(O)C(F)(F)F. The Morgan fingerprint density at radius 1 is 0.600 bits per heavy atom. The summed E-state index contributed by atoms with van der Waals surface area (Å²) in [5, 5.41) is 53.3. The largest absolute Gasteiger partial charge is 0.490 e. The Labute approximate surface area is 432 Å². The van der Waals surface area contributed by atoms with E-state index in [0.29, 0.717) is 31.2 Å². The van der Waals surface area contributed by atoms with Crippen LogP contribution in [-0.4, -0.2) is 153 Å². The number of primary amides is 1. The minimum atomic E-state index is -5.08. The van der Waals surface area contributed by atoms with Crippen molar-refractivity contribution in [1.82, 2.24) is 37.2 Å². The van der Waals surface area contributed by atoms with Gasteiger partial charge in [-0.3, -0.25) is 43.2 Å². The van der Waals surface area contributed by atoms with Crippen molar-refractivity contribution in [1.29, 1.82) is 0 Å². The number of unbranched alkanes of at least 4 members (excludes halogenated alkanes) is 1. The van der Waals surface area contributed by atoms with Gasteiger partial charge in [0.25, 0.3) is 0 Å². The first kappa shape index (κ1) is 68.1. The number of benzene rings is 1. The highest BCUT2D eigenvalue weighted by Gasteiger charge is 2.39. The van der Waals surface area contributed by atoms with E-state index in [1.807, 2.05) is 0 Å². The third-order valence-electron chi connectivity index (χ3n) is 11.5. The van der Waals surface area contributed by atoms with Gasteiger partial charge in [0.1, 0.15) is 48.3 Å². The molecule has 17 N–H and O–H groups in total. The molecule has 0 heterocycles. The van der Waals surface area contributed by atoms with Gasteiger partial charge in [-0.1, -0.05) is 84.7 Å². The summed E-state index contributed by atoms with van der Waals surface area (Å²) >= 11 is 0. The second kappa shape index (κ2) is 34.5. The smallest absolute Gasteiger partial charge is 0.481 e. The second-order valence-corrected chi connectivity index (χ2v) is 18.2. The van der Waals surface area contributed by atoms with Gasteiger partial charge in [-0.2, -0.15) is 13.2 Å². The summed E-state index contributed by atoms with van der Waals surface area (Å²) in [4.78, 5) is 141. The number of hydrogen-bond acceptors (Lipinski definition) is 14. The van der Waals surface area contributed by atoms with Crippen LogP contribution in [0.5, 0.6) is 0 Å². The number of carbonyl (C=O) groups excluding carboxylic acids is 8. The molecule has 424 valence electrons. The lowest BCUT2D eigenvalue weighted by Gasteiger charge is -2.30. The number of carbonyl (C=O) groups is 11. The Morgan fingerprint density at radius 3 is 1.45 bits per heavy atom. The Bertz CT molecular complexity index is 2070. The first-order chi connectivity index (χ1) is 34.9. The summed E-state index contributed by atoms with van der Waals surface area (Å²) in [6, 6.07) is -3.11. The Hall–Kier alpha value is -6.94.